The smallest absolute Gasteiger partial charge is 0.330 e. The van der Waals surface area contributed by atoms with Crippen molar-refractivity contribution in [2.24, 2.45) is 0 Å². The Balaban J connectivity index is 1.69. The lowest BCUT2D eigenvalue weighted by molar-refractivity contribution is -0.134. The first-order valence-corrected chi connectivity index (χ1v) is 9.56. The first-order chi connectivity index (χ1) is 13.2. The van der Waals surface area contributed by atoms with Crippen LogP contribution in [0.25, 0.3) is 0 Å². The number of benzene rings is 2. The Kier molecular flexibility index (Phi) is 7.04. The molecule has 0 saturated carbocycles. The predicted molar refractivity (Wildman–Crippen MR) is 109 cm³/mol. The van der Waals surface area contributed by atoms with Crippen LogP contribution in [0, 0.1) is 0 Å². The van der Waals surface area contributed by atoms with Gasteiger partial charge in [-0.1, -0.05) is 60.1 Å². The largest absolute Gasteiger partial charge is 0.466 e. The van der Waals surface area contributed by atoms with E-state index in [2.05, 4.69) is 50.9 Å². The van der Waals surface area contributed by atoms with Gasteiger partial charge in [0.2, 0.25) is 0 Å². The highest BCUT2D eigenvalue weighted by molar-refractivity contribution is 6.30. The van der Waals surface area contributed by atoms with Crippen molar-refractivity contribution in [3.8, 4) is 0 Å². The third-order valence-corrected chi connectivity index (χ3v) is 5.14. The van der Waals surface area contributed by atoms with Crippen LogP contribution in [-0.4, -0.2) is 55.6 Å². The summed E-state index contributed by atoms with van der Waals surface area (Å²) in [6.07, 6.45) is 3.36. The molecular formula is C22H25ClN2O2. The molecule has 142 valence electrons. The molecule has 0 aliphatic carbocycles. The average Bonchev–Trinajstić information content (AvgIpc) is 2.71. The molecule has 1 unspecified atom stereocenters. The van der Waals surface area contributed by atoms with Crippen molar-refractivity contribution in [2.45, 2.75) is 6.04 Å². The van der Waals surface area contributed by atoms with Crippen LogP contribution in [0.15, 0.2) is 66.7 Å². The summed E-state index contributed by atoms with van der Waals surface area (Å²) in [6, 6.07) is 19.0. The molecule has 2 aromatic rings. The molecular weight excluding hydrogens is 360 g/mol. The van der Waals surface area contributed by atoms with Crippen LogP contribution in [0.4, 0.5) is 0 Å². The van der Waals surface area contributed by atoms with Crippen LogP contribution in [0.3, 0.4) is 0 Å². The van der Waals surface area contributed by atoms with E-state index in [0.717, 1.165) is 37.7 Å². The van der Waals surface area contributed by atoms with E-state index >= 15 is 0 Å². The average molecular weight is 385 g/mol. The molecule has 0 aromatic heterocycles. The maximum absolute atomic E-state index is 11.2. The Morgan fingerprint density at radius 1 is 1.04 bits per heavy atom. The fourth-order valence-corrected chi connectivity index (χ4v) is 3.59. The predicted octanol–water partition coefficient (Wildman–Crippen LogP) is 3.78. The van der Waals surface area contributed by atoms with E-state index in [1.807, 2.05) is 24.3 Å². The fraction of sp³-hybridized carbons (Fsp3) is 0.318. The van der Waals surface area contributed by atoms with Crippen LogP contribution in [0.2, 0.25) is 5.02 Å². The topological polar surface area (TPSA) is 32.8 Å². The number of nitrogens with zero attached hydrogens (tertiary/aromatic N) is 2. The molecule has 0 amide bonds. The Bertz CT molecular complexity index is 754. The number of ether oxygens (including phenoxy) is 1. The van der Waals surface area contributed by atoms with Crippen LogP contribution < -0.4 is 0 Å². The molecule has 0 bridgehead atoms. The highest BCUT2D eigenvalue weighted by Crippen LogP contribution is 2.30. The lowest BCUT2D eigenvalue weighted by Gasteiger charge is -2.39. The minimum Gasteiger partial charge on any atom is -0.466 e. The number of methoxy groups -OCH3 is 1. The maximum atomic E-state index is 11.2. The molecule has 1 aliphatic rings. The van der Waals surface area contributed by atoms with E-state index in [1.165, 1.54) is 24.3 Å². The molecule has 1 heterocycles. The normalized spacial score (nSPS) is 17.1. The zero-order valence-electron chi connectivity index (χ0n) is 15.6. The van der Waals surface area contributed by atoms with Gasteiger partial charge >= 0.3 is 5.97 Å². The van der Waals surface area contributed by atoms with E-state index in [-0.39, 0.29) is 12.0 Å². The lowest BCUT2D eigenvalue weighted by Crippen LogP contribution is -2.47. The molecule has 4 nitrogen and oxygen atoms in total. The number of esters is 1. The van der Waals surface area contributed by atoms with E-state index in [0.29, 0.717) is 0 Å². The molecule has 1 fully saturated rings. The van der Waals surface area contributed by atoms with Crippen LogP contribution in [-0.2, 0) is 9.53 Å². The van der Waals surface area contributed by atoms with Crippen molar-refractivity contribution in [3.05, 3.63) is 82.9 Å². The summed E-state index contributed by atoms with van der Waals surface area (Å²) >= 11 is 6.09. The molecule has 1 atom stereocenters. The van der Waals surface area contributed by atoms with Gasteiger partial charge in [0.05, 0.1) is 13.2 Å². The minimum absolute atomic E-state index is 0.219. The van der Waals surface area contributed by atoms with Gasteiger partial charge in [-0.3, -0.25) is 9.80 Å². The third-order valence-electron chi connectivity index (χ3n) is 4.89. The van der Waals surface area contributed by atoms with Gasteiger partial charge in [0, 0.05) is 43.8 Å². The van der Waals surface area contributed by atoms with Crippen molar-refractivity contribution in [1.82, 2.24) is 9.80 Å². The Morgan fingerprint density at radius 3 is 2.30 bits per heavy atom. The summed E-state index contributed by atoms with van der Waals surface area (Å²) in [5.74, 6) is -0.305. The summed E-state index contributed by atoms with van der Waals surface area (Å²) < 4.78 is 4.63. The van der Waals surface area contributed by atoms with Crippen molar-refractivity contribution in [3.63, 3.8) is 0 Å². The van der Waals surface area contributed by atoms with Crippen molar-refractivity contribution < 1.29 is 9.53 Å². The second-order valence-corrected chi connectivity index (χ2v) is 7.06. The fourth-order valence-electron chi connectivity index (χ4n) is 3.46. The van der Waals surface area contributed by atoms with Gasteiger partial charge < -0.3 is 4.74 Å². The molecule has 1 aliphatic heterocycles. The van der Waals surface area contributed by atoms with Gasteiger partial charge in [-0.2, -0.15) is 0 Å². The van der Waals surface area contributed by atoms with Crippen LogP contribution in [0.5, 0.6) is 0 Å². The number of rotatable bonds is 6. The highest BCUT2D eigenvalue weighted by Gasteiger charge is 2.26. The van der Waals surface area contributed by atoms with Gasteiger partial charge in [0.1, 0.15) is 0 Å². The molecule has 27 heavy (non-hydrogen) atoms. The minimum atomic E-state index is -0.305. The lowest BCUT2D eigenvalue weighted by atomic mass is 9.96. The number of halogens is 1. The highest BCUT2D eigenvalue weighted by atomic mass is 35.5. The molecule has 0 radical (unpaired) electrons. The Morgan fingerprint density at radius 2 is 1.67 bits per heavy atom. The molecule has 5 heteroatoms. The first kappa shape index (κ1) is 19.6. The SMILES string of the molecule is COC(=O)/C=C/CN1CCN(C(c2ccccc2)c2ccc(Cl)cc2)CC1. The standard InChI is InChI=1S/C22H25ClN2O2/c1-27-21(26)8-5-13-24-14-16-25(17-15-24)22(18-6-3-2-4-7-18)19-9-11-20(23)12-10-19/h2-12,22H,13-17H2,1H3/b8-5+. The molecule has 0 spiro atoms. The molecule has 0 N–H and O–H groups in total. The summed E-state index contributed by atoms with van der Waals surface area (Å²) in [5, 5.41) is 0.757. The van der Waals surface area contributed by atoms with E-state index in [9.17, 15) is 4.79 Å². The quantitative estimate of drug-likeness (QED) is 0.560. The molecule has 2 aromatic carbocycles. The van der Waals surface area contributed by atoms with E-state index in [1.54, 1.807) is 0 Å². The van der Waals surface area contributed by atoms with Gasteiger partial charge in [-0.05, 0) is 23.3 Å². The zero-order chi connectivity index (χ0) is 19.1. The summed E-state index contributed by atoms with van der Waals surface area (Å²) in [4.78, 5) is 16.0. The monoisotopic (exact) mass is 384 g/mol. The number of hydrogen-bond acceptors (Lipinski definition) is 4. The van der Waals surface area contributed by atoms with E-state index in [4.69, 9.17) is 11.6 Å². The van der Waals surface area contributed by atoms with Gasteiger partial charge in [-0.25, -0.2) is 4.79 Å². The van der Waals surface area contributed by atoms with Crippen molar-refractivity contribution >= 4 is 17.6 Å². The number of piperazine rings is 1. The summed E-state index contributed by atoms with van der Waals surface area (Å²) in [6.45, 7) is 4.62. The number of carbonyl (C=O) groups excluding carboxylic acids is 1. The van der Waals surface area contributed by atoms with Crippen molar-refractivity contribution in [2.75, 3.05) is 39.8 Å². The van der Waals surface area contributed by atoms with Crippen LogP contribution in [0.1, 0.15) is 17.2 Å². The van der Waals surface area contributed by atoms with Crippen LogP contribution >= 0.6 is 11.6 Å². The van der Waals surface area contributed by atoms with Gasteiger partial charge in [0.15, 0.2) is 0 Å². The van der Waals surface area contributed by atoms with Crippen molar-refractivity contribution in [1.29, 1.82) is 0 Å². The van der Waals surface area contributed by atoms with Gasteiger partial charge in [0.25, 0.3) is 0 Å². The number of carbonyl (C=O) groups is 1. The van der Waals surface area contributed by atoms with Gasteiger partial charge in [-0.15, -0.1) is 0 Å². The summed E-state index contributed by atoms with van der Waals surface area (Å²) in [5.41, 5.74) is 2.54. The Labute approximate surface area is 166 Å². The summed E-state index contributed by atoms with van der Waals surface area (Å²) in [7, 11) is 1.39. The first-order valence-electron chi connectivity index (χ1n) is 9.18. The molecule has 1 saturated heterocycles. The zero-order valence-corrected chi connectivity index (χ0v) is 16.3. The molecule has 3 rings (SSSR count). The Hall–Kier alpha value is -2.14. The third kappa shape index (κ3) is 5.42. The second-order valence-electron chi connectivity index (χ2n) is 6.63. The maximum Gasteiger partial charge on any atom is 0.330 e. The number of hydrogen-bond donors (Lipinski definition) is 0. The second kappa shape index (κ2) is 9.70. The van der Waals surface area contributed by atoms with E-state index < -0.39 is 0 Å².